The zero-order valence-corrected chi connectivity index (χ0v) is 13.2. The molecule has 0 aliphatic heterocycles. The van der Waals surface area contributed by atoms with E-state index in [0.29, 0.717) is 6.42 Å². The van der Waals surface area contributed by atoms with Crippen molar-refractivity contribution in [2.24, 2.45) is 0 Å². The van der Waals surface area contributed by atoms with E-state index < -0.39 is 28.2 Å². The summed E-state index contributed by atoms with van der Waals surface area (Å²) >= 11 is 0. The first-order valence-electron chi connectivity index (χ1n) is 7.19. The molecule has 0 radical (unpaired) electrons. The van der Waals surface area contributed by atoms with Gasteiger partial charge in [0.25, 0.3) is 0 Å². The van der Waals surface area contributed by atoms with Gasteiger partial charge >= 0.3 is 6.36 Å². The summed E-state index contributed by atoms with van der Waals surface area (Å²) in [5, 5.41) is 0. The maximum atomic E-state index is 12.5. The van der Waals surface area contributed by atoms with Gasteiger partial charge in [-0.05, 0) is 31.0 Å². The Balaban J connectivity index is 1.83. The van der Waals surface area contributed by atoms with Crippen molar-refractivity contribution in [3.05, 3.63) is 47.9 Å². The first-order valence-corrected chi connectivity index (χ1v) is 8.67. The summed E-state index contributed by atoms with van der Waals surface area (Å²) in [5.41, 5.74) is 0.757. The summed E-state index contributed by atoms with van der Waals surface area (Å²) < 4.78 is 73.4. The maximum absolute atomic E-state index is 12.5. The lowest BCUT2D eigenvalue weighted by atomic mass is 9.94. The van der Waals surface area contributed by atoms with Gasteiger partial charge in [0, 0.05) is 18.1 Å². The van der Waals surface area contributed by atoms with E-state index in [-0.39, 0.29) is 4.90 Å². The van der Waals surface area contributed by atoms with E-state index in [1.165, 1.54) is 18.4 Å². The van der Waals surface area contributed by atoms with Gasteiger partial charge in [-0.3, -0.25) is 0 Å². The molecule has 1 N–H and O–H groups in total. The van der Waals surface area contributed by atoms with Crippen molar-refractivity contribution in [2.45, 2.75) is 36.6 Å². The predicted molar refractivity (Wildman–Crippen MR) is 77.8 cm³/mol. The lowest BCUT2D eigenvalue weighted by Gasteiger charge is -2.22. The molecule has 5 nitrogen and oxygen atoms in total. The molecule has 0 spiro atoms. The van der Waals surface area contributed by atoms with Crippen LogP contribution in [0.5, 0.6) is 5.75 Å². The molecular formula is C15H14F3NO4S. The van der Waals surface area contributed by atoms with Gasteiger partial charge in [0.2, 0.25) is 10.0 Å². The SMILES string of the molecule is O=S(=O)(NC1CCCc2occc21)c1cccc(OC(F)(F)F)c1. The Morgan fingerprint density at radius 1 is 1.25 bits per heavy atom. The van der Waals surface area contributed by atoms with Gasteiger partial charge < -0.3 is 9.15 Å². The van der Waals surface area contributed by atoms with Crippen LogP contribution < -0.4 is 9.46 Å². The molecule has 2 aromatic rings. The first-order chi connectivity index (χ1) is 11.2. The van der Waals surface area contributed by atoms with Gasteiger partial charge in [-0.25, -0.2) is 13.1 Å². The number of benzene rings is 1. The highest BCUT2D eigenvalue weighted by molar-refractivity contribution is 7.89. The summed E-state index contributed by atoms with van der Waals surface area (Å²) in [6.07, 6.45) is -1.31. The number of furan rings is 1. The molecule has 1 aliphatic carbocycles. The van der Waals surface area contributed by atoms with Crippen molar-refractivity contribution >= 4 is 10.0 Å². The standard InChI is InChI=1S/C15H14F3NO4S/c16-15(17,18)23-10-3-1-4-11(9-10)24(20,21)19-13-5-2-6-14-12(13)7-8-22-14/h1,3-4,7-9,13,19H,2,5-6H2. The molecule has 0 saturated carbocycles. The van der Waals surface area contributed by atoms with Crippen LogP contribution in [0, 0.1) is 0 Å². The Labute approximate surface area is 136 Å². The maximum Gasteiger partial charge on any atom is 0.573 e. The fraction of sp³-hybridized carbons (Fsp3) is 0.333. The normalized spacial score (nSPS) is 18.2. The van der Waals surface area contributed by atoms with Crippen LogP contribution in [0.4, 0.5) is 13.2 Å². The van der Waals surface area contributed by atoms with Gasteiger partial charge in [-0.15, -0.1) is 13.2 Å². The Hall–Kier alpha value is -2.00. The highest BCUT2D eigenvalue weighted by Gasteiger charge is 2.32. The molecule has 0 fully saturated rings. The molecule has 0 saturated heterocycles. The van der Waals surface area contributed by atoms with Gasteiger partial charge in [0.1, 0.15) is 11.5 Å². The highest BCUT2D eigenvalue weighted by Crippen LogP contribution is 2.32. The molecule has 1 heterocycles. The van der Waals surface area contributed by atoms with Crippen molar-refractivity contribution in [3.63, 3.8) is 0 Å². The molecule has 24 heavy (non-hydrogen) atoms. The lowest BCUT2D eigenvalue weighted by molar-refractivity contribution is -0.274. The molecule has 9 heteroatoms. The summed E-state index contributed by atoms with van der Waals surface area (Å²) in [6.45, 7) is 0. The summed E-state index contributed by atoms with van der Waals surface area (Å²) in [7, 11) is -4.00. The largest absolute Gasteiger partial charge is 0.573 e. The summed E-state index contributed by atoms with van der Waals surface area (Å²) in [5.74, 6) is 0.140. The molecule has 1 atom stereocenters. The first kappa shape index (κ1) is 16.8. The molecular weight excluding hydrogens is 347 g/mol. The monoisotopic (exact) mass is 361 g/mol. The van der Waals surface area contributed by atoms with Crippen LogP contribution in [0.2, 0.25) is 0 Å². The van der Waals surface area contributed by atoms with Gasteiger partial charge in [0.05, 0.1) is 17.2 Å². The third kappa shape index (κ3) is 3.73. The Morgan fingerprint density at radius 3 is 2.79 bits per heavy atom. The van der Waals surface area contributed by atoms with Crippen molar-refractivity contribution in [3.8, 4) is 5.75 Å². The Bertz CT molecular complexity index is 829. The molecule has 1 aromatic carbocycles. The lowest BCUT2D eigenvalue weighted by Crippen LogP contribution is -2.30. The molecule has 130 valence electrons. The predicted octanol–water partition coefficient (Wildman–Crippen LogP) is 3.53. The minimum absolute atomic E-state index is 0.292. The number of aryl methyl sites for hydroxylation is 1. The number of hydrogen-bond donors (Lipinski definition) is 1. The molecule has 3 rings (SSSR count). The topological polar surface area (TPSA) is 68.5 Å². The van der Waals surface area contributed by atoms with Crippen molar-refractivity contribution in [1.82, 2.24) is 4.72 Å². The van der Waals surface area contributed by atoms with E-state index in [1.807, 2.05) is 0 Å². The van der Waals surface area contributed by atoms with E-state index in [9.17, 15) is 21.6 Å². The fourth-order valence-corrected chi connectivity index (χ4v) is 3.99. The zero-order chi connectivity index (χ0) is 17.4. The molecule has 0 amide bonds. The number of sulfonamides is 1. The van der Waals surface area contributed by atoms with Crippen LogP contribution in [-0.4, -0.2) is 14.8 Å². The second kappa shape index (κ2) is 6.14. The second-order valence-electron chi connectivity index (χ2n) is 5.39. The minimum Gasteiger partial charge on any atom is -0.469 e. The van der Waals surface area contributed by atoms with Crippen LogP contribution >= 0.6 is 0 Å². The highest BCUT2D eigenvalue weighted by atomic mass is 32.2. The summed E-state index contributed by atoms with van der Waals surface area (Å²) in [4.78, 5) is -0.292. The average molecular weight is 361 g/mol. The van der Waals surface area contributed by atoms with Gasteiger partial charge in [-0.1, -0.05) is 6.07 Å². The number of alkyl halides is 3. The van der Waals surface area contributed by atoms with Crippen LogP contribution in [0.25, 0.3) is 0 Å². The average Bonchev–Trinajstić information content (AvgIpc) is 2.95. The van der Waals surface area contributed by atoms with Gasteiger partial charge in [0.15, 0.2) is 0 Å². The van der Waals surface area contributed by atoms with E-state index in [2.05, 4.69) is 9.46 Å². The molecule has 1 aliphatic rings. The van der Waals surface area contributed by atoms with Crippen LogP contribution in [-0.2, 0) is 16.4 Å². The molecule has 1 unspecified atom stereocenters. The zero-order valence-electron chi connectivity index (χ0n) is 12.3. The van der Waals surface area contributed by atoms with Crippen LogP contribution in [0.1, 0.15) is 30.2 Å². The second-order valence-corrected chi connectivity index (χ2v) is 7.10. The van der Waals surface area contributed by atoms with E-state index in [4.69, 9.17) is 4.42 Å². The van der Waals surface area contributed by atoms with Crippen LogP contribution in [0.3, 0.4) is 0 Å². The number of rotatable bonds is 4. The summed E-state index contributed by atoms with van der Waals surface area (Å²) in [6, 6.07) is 5.52. The molecule has 1 aromatic heterocycles. The van der Waals surface area contributed by atoms with Crippen molar-refractivity contribution in [2.75, 3.05) is 0 Å². The number of ether oxygens (including phenoxy) is 1. The third-order valence-corrected chi connectivity index (χ3v) is 5.17. The van der Waals surface area contributed by atoms with Crippen LogP contribution in [0.15, 0.2) is 45.9 Å². The smallest absolute Gasteiger partial charge is 0.469 e. The van der Waals surface area contributed by atoms with E-state index >= 15 is 0 Å². The Morgan fingerprint density at radius 2 is 2.04 bits per heavy atom. The van der Waals surface area contributed by atoms with E-state index in [0.717, 1.165) is 36.3 Å². The van der Waals surface area contributed by atoms with E-state index in [1.54, 1.807) is 6.07 Å². The minimum atomic E-state index is -4.88. The number of nitrogens with one attached hydrogen (secondary N) is 1. The Kier molecular flexibility index (Phi) is 4.31. The number of fused-ring (bicyclic) bond motifs is 1. The van der Waals surface area contributed by atoms with Crippen molar-refractivity contribution < 1.29 is 30.7 Å². The number of hydrogen-bond acceptors (Lipinski definition) is 4. The number of halogens is 3. The fourth-order valence-electron chi connectivity index (χ4n) is 2.70. The quantitative estimate of drug-likeness (QED) is 0.905. The molecule has 0 bridgehead atoms. The third-order valence-electron chi connectivity index (χ3n) is 3.70. The van der Waals surface area contributed by atoms with Crippen molar-refractivity contribution in [1.29, 1.82) is 0 Å². The van der Waals surface area contributed by atoms with Gasteiger partial charge in [-0.2, -0.15) is 0 Å².